The average Bonchev–Trinajstić information content (AvgIpc) is 1.78. The zero-order valence-corrected chi connectivity index (χ0v) is 10.1. The molecule has 0 aliphatic carbocycles. The van der Waals surface area contributed by atoms with E-state index in [-0.39, 0.29) is 24.0 Å². The maximum atomic E-state index is 3.69. The molecule has 0 fully saturated rings. The van der Waals surface area contributed by atoms with Gasteiger partial charge in [0.15, 0.2) is 0 Å². The van der Waals surface area contributed by atoms with Gasteiger partial charge >= 0.3 is 0 Å². The molecule has 1 nitrogen and oxygen atoms in total. The van der Waals surface area contributed by atoms with Gasteiger partial charge in [-0.25, -0.2) is 0 Å². The van der Waals surface area contributed by atoms with Crippen LogP contribution in [-0.4, -0.2) is 32.2 Å². The van der Waals surface area contributed by atoms with E-state index in [1.807, 2.05) is 6.08 Å². The van der Waals surface area contributed by atoms with E-state index < -0.39 is 0 Å². The van der Waals surface area contributed by atoms with Crippen molar-refractivity contribution in [3.8, 4) is 0 Å². The molecule has 2 heteroatoms. The van der Waals surface area contributed by atoms with Crippen molar-refractivity contribution < 1.29 is 28.5 Å². The van der Waals surface area contributed by atoms with Gasteiger partial charge in [0.2, 0.25) is 0 Å². The van der Waals surface area contributed by atoms with Gasteiger partial charge in [-0.2, -0.15) is 0 Å². The predicted molar refractivity (Wildman–Crippen MR) is 46.9 cm³/mol. The minimum absolute atomic E-state index is 0. The number of allylic oxidation sites excluding steroid dienone is 1. The second kappa shape index (κ2) is 7.10. The lowest BCUT2D eigenvalue weighted by molar-refractivity contribution is -0.870. The number of nitrogens with zero attached hydrogens (tertiary/aromatic N) is 1. The molecule has 0 unspecified atom stereocenters. The van der Waals surface area contributed by atoms with Gasteiger partial charge < -0.3 is 28.5 Å². The minimum Gasteiger partial charge on any atom is -1.00 e. The number of hydrogen-bond acceptors (Lipinski definition) is 0. The average molecular weight is 269 g/mol. The molecule has 11 heavy (non-hydrogen) atoms. The summed E-state index contributed by atoms with van der Waals surface area (Å²) in [6, 6.07) is 0. The summed E-state index contributed by atoms with van der Waals surface area (Å²) in [5.74, 6) is 0. The van der Waals surface area contributed by atoms with Gasteiger partial charge in [-0.05, 0) is 19.3 Å². The molecule has 0 saturated carbocycles. The first-order valence-electron chi connectivity index (χ1n) is 3.97. The lowest BCUT2D eigenvalue weighted by Crippen LogP contribution is -3.00. The Labute approximate surface area is 88.1 Å². The van der Waals surface area contributed by atoms with Gasteiger partial charge in [0.1, 0.15) is 0 Å². The number of halogens is 1. The van der Waals surface area contributed by atoms with Gasteiger partial charge in [-0.15, -0.1) is 6.58 Å². The Balaban J connectivity index is 0. The summed E-state index contributed by atoms with van der Waals surface area (Å²) in [4.78, 5) is 0. The molecule has 0 heterocycles. The third-order valence-electron chi connectivity index (χ3n) is 1.49. The second-order valence-corrected chi connectivity index (χ2v) is 3.80. The number of quaternary nitrogens is 1. The smallest absolute Gasteiger partial charge is 0.0780 e. The zero-order chi connectivity index (χ0) is 8.04. The van der Waals surface area contributed by atoms with Crippen LogP contribution in [0.4, 0.5) is 0 Å². The SMILES string of the molecule is C=CCCCC[N+](C)(C)C.[I-]. The summed E-state index contributed by atoms with van der Waals surface area (Å²) < 4.78 is 1.08. The van der Waals surface area contributed by atoms with Gasteiger partial charge in [-0.3, -0.25) is 0 Å². The molecule has 0 atom stereocenters. The summed E-state index contributed by atoms with van der Waals surface area (Å²) in [5, 5.41) is 0. The molecule has 0 N–H and O–H groups in total. The van der Waals surface area contributed by atoms with Crippen molar-refractivity contribution in [2.75, 3.05) is 27.7 Å². The van der Waals surface area contributed by atoms with E-state index in [1.54, 1.807) is 0 Å². The van der Waals surface area contributed by atoms with Crippen molar-refractivity contribution in [3.63, 3.8) is 0 Å². The molecule has 0 bridgehead atoms. The maximum absolute atomic E-state index is 3.69. The fourth-order valence-corrected chi connectivity index (χ4v) is 0.875. The molecule has 0 rings (SSSR count). The number of hydrogen-bond donors (Lipinski definition) is 0. The first-order valence-corrected chi connectivity index (χ1v) is 3.97. The van der Waals surface area contributed by atoms with Crippen LogP contribution in [-0.2, 0) is 0 Å². The molecular formula is C9H20IN. The van der Waals surface area contributed by atoms with Gasteiger partial charge in [-0.1, -0.05) is 6.08 Å². The predicted octanol–water partition coefficient (Wildman–Crippen LogP) is -0.947. The van der Waals surface area contributed by atoms with Crippen LogP contribution in [0.5, 0.6) is 0 Å². The second-order valence-electron chi connectivity index (χ2n) is 3.80. The van der Waals surface area contributed by atoms with E-state index >= 15 is 0 Å². The van der Waals surface area contributed by atoms with Crippen LogP contribution in [0.2, 0.25) is 0 Å². The Bertz CT molecular complexity index is 94.2. The maximum Gasteiger partial charge on any atom is 0.0780 e. The van der Waals surface area contributed by atoms with E-state index in [4.69, 9.17) is 0 Å². The van der Waals surface area contributed by atoms with Crippen molar-refractivity contribution in [3.05, 3.63) is 12.7 Å². The molecule has 68 valence electrons. The summed E-state index contributed by atoms with van der Waals surface area (Å²) in [5.41, 5.74) is 0. The Morgan fingerprint density at radius 1 is 1.18 bits per heavy atom. The fraction of sp³-hybridized carbons (Fsp3) is 0.778. The largest absolute Gasteiger partial charge is 1.00 e. The van der Waals surface area contributed by atoms with Gasteiger partial charge in [0.25, 0.3) is 0 Å². The third-order valence-corrected chi connectivity index (χ3v) is 1.49. The third kappa shape index (κ3) is 13.4. The van der Waals surface area contributed by atoms with Crippen LogP contribution < -0.4 is 24.0 Å². The quantitative estimate of drug-likeness (QED) is 0.261. The molecule has 0 saturated heterocycles. The van der Waals surface area contributed by atoms with E-state index in [1.165, 1.54) is 25.8 Å². The standard InChI is InChI=1S/C9H20N.HI/c1-5-6-7-8-9-10(2,3)4;/h5H,1,6-9H2,2-4H3;1H/q+1;/p-1. The number of rotatable bonds is 5. The Morgan fingerprint density at radius 2 is 1.73 bits per heavy atom. The molecular weight excluding hydrogens is 249 g/mol. The number of unbranched alkanes of at least 4 members (excludes halogenated alkanes) is 2. The molecule has 0 aromatic heterocycles. The summed E-state index contributed by atoms with van der Waals surface area (Å²) in [7, 11) is 6.69. The lowest BCUT2D eigenvalue weighted by Gasteiger charge is -2.23. The van der Waals surface area contributed by atoms with Crippen LogP contribution in [0.25, 0.3) is 0 Å². The Hall–Kier alpha value is 0.430. The van der Waals surface area contributed by atoms with Crippen molar-refractivity contribution in [2.24, 2.45) is 0 Å². The highest BCUT2D eigenvalue weighted by atomic mass is 127. The van der Waals surface area contributed by atoms with Crippen molar-refractivity contribution >= 4 is 0 Å². The van der Waals surface area contributed by atoms with Crippen molar-refractivity contribution in [1.82, 2.24) is 0 Å². The highest BCUT2D eigenvalue weighted by Crippen LogP contribution is 2.00. The Morgan fingerprint density at radius 3 is 2.09 bits per heavy atom. The van der Waals surface area contributed by atoms with Crippen LogP contribution in [0.1, 0.15) is 19.3 Å². The van der Waals surface area contributed by atoms with Crippen LogP contribution in [0.15, 0.2) is 12.7 Å². The molecule has 0 radical (unpaired) electrons. The van der Waals surface area contributed by atoms with Crippen molar-refractivity contribution in [2.45, 2.75) is 19.3 Å². The highest BCUT2D eigenvalue weighted by Gasteiger charge is 2.03. The topological polar surface area (TPSA) is 0 Å². The first-order chi connectivity index (χ1) is 4.56. The molecule has 0 spiro atoms. The highest BCUT2D eigenvalue weighted by molar-refractivity contribution is 4.64. The van der Waals surface area contributed by atoms with Crippen molar-refractivity contribution in [1.29, 1.82) is 0 Å². The Kier molecular flexibility index (Phi) is 9.02. The van der Waals surface area contributed by atoms with E-state index in [9.17, 15) is 0 Å². The van der Waals surface area contributed by atoms with Crippen LogP contribution in [0, 0.1) is 0 Å². The van der Waals surface area contributed by atoms with Crippen LogP contribution in [0.3, 0.4) is 0 Å². The van der Waals surface area contributed by atoms with E-state index in [0.717, 1.165) is 4.48 Å². The fourth-order valence-electron chi connectivity index (χ4n) is 0.875. The normalized spacial score (nSPS) is 10.5. The molecule has 0 aromatic carbocycles. The molecule has 0 aromatic rings. The monoisotopic (exact) mass is 269 g/mol. The molecule has 0 aliphatic rings. The zero-order valence-electron chi connectivity index (χ0n) is 7.94. The van der Waals surface area contributed by atoms with Crippen LogP contribution >= 0.6 is 0 Å². The summed E-state index contributed by atoms with van der Waals surface area (Å²) in [6.45, 7) is 4.96. The van der Waals surface area contributed by atoms with Gasteiger partial charge in [0, 0.05) is 0 Å². The summed E-state index contributed by atoms with van der Waals surface area (Å²) >= 11 is 0. The summed E-state index contributed by atoms with van der Waals surface area (Å²) in [6.07, 6.45) is 5.77. The lowest BCUT2D eigenvalue weighted by atomic mass is 10.2. The minimum atomic E-state index is 0. The van der Waals surface area contributed by atoms with E-state index in [0.29, 0.717) is 0 Å². The van der Waals surface area contributed by atoms with E-state index in [2.05, 4.69) is 27.7 Å². The van der Waals surface area contributed by atoms with Gasteiger partial charge in [0.05, 0.1) is 27.7 Å². The molecule has 0 amide bonds. The first kappa shape index (κ1) is 14.0. The molecule has 0 aliphatic heterocycles.